The molecular formula is C31H48BrFO5. The van der Waals surface area contributed by atoms with E-state index in [9.17, 15) is 19.1 Å². The zero-order chi connectivity index (χ0) is 28.2. The average Bonchev–Trinajstić information content (AvgIpc) is 3.14. The standard InChI is InChI=1S/C31H48BrFO5/c1-17(8-11-26(33)29(4,5)36)22-9-10-23-28-24(12-13-30(22,23)6)31(7)20(15-25(28)32)14-21(37-18(2)34)16-27(31)38-19(3)35/h15,17,21-28,36H,8-14,16H2,1-7H3/t17-,21-,22-,23+,24+,25?,26-,27+,28+,30-,31+/m1/s1. The van der Waals surface area contributed by atoms with Crippen LogP contribution in [0.25, 0.3) is 0 Å². The van der Waals surface area contributed by atoms with E-state index in [1.54, 1.807) is 13.8 Å². The Morgan fingerprint density at radius 3 is 2.39 bits per heavy atom. The van der Waals surface area contributed by atoms with Gasteiger partial charge in [-0.1, -0.05) is 48.4 Å². The predicted octanol–water partition coefficient (Wildman–Crippen LogP) is 6.94. The maximum atomic E-state index is 14.6. The third kappa shape index (κ3) is 5.36. The minimum atomic E-state index is -1.29. The highest BCUT2D eigenvalue weighted by atomic mass is 79.9. The maximum Gasteiger partial charge on any atom is 0.302 e. The molecule has 4 aliphatic rings. The summed E-state index contributed by atoms with van der Waals surface area (Å²) in [4.78, 5) is 24.2. The molecule has 0 spiro atoms. The van der Waals surface area contributed by atoms with E-state index in [4.69, 9.17) is 9.47 Å². The number of halogens is 2. The summed E-state index contributed by atoms with van der Waals surface area (Å²) in [5.74, 6) is 1.67. The smallest absolute Gasteiger partial charge is 0.302 e. The Morgan fingerprint density at radius 1 is 1.13 bits per heavy atom. The van der Waals surface area contributed by atoms with E-state index in [1.165, 1.54) is 19.4 Å². The van der Waals surface area contributed by atoms with Crippen molar-refractivity contribution in [2.75, 3.05) is 0 Å². The molecule has 4 aliphatic carbocycles. The number of hydrogen-bond acceptors (Lipinski definition) is 5. The highest BCUT2D eigenvalue weighted by molar-refractivity contribution is 9.09. The highest BCUT2D eigenvalue weighted by Crippen LogP contribution is 2.68. The third-order valence-corrected chi connectivity index (χ3v) is 12.0. The molecule has 0 heterocycles. The molecular weight excluding hydrogens is 551 g/mol. The molecule has 0 aliphatic heterocycles. The Balaban J connectivity index is 1.59. The van der Waals surface area contributed by atoms with Gasteiger partial charge in [-0.25, -0.2) is 4.39 Å². The summed E-state index contributed by atoms with van der Waals surface area (Å²) in [5.41, 5.74) is -0.147. The van der Waals surface area contributed by atoms with Crippen molar-refractivity contribution in [3.05, 3.63) is 11.6 Å². The number of alkyl halides is 2. The molecule has 0 aromatic heterocycles. The van der Waals surface area contributed by atoms with Crippen molar-refractivity contribution in [3.63, 3.8) is 0 Å². The summed E-state index contributed by atoms with van der Waals surface area (Å²) in [5, 5.41) is 10.1. The topological polar surface area (TPSA) is 72.8 Å². The van der Waals surface area contributed by atoms with Crippen molar-refractivity contribution in [2.24, 2.45) is 40.4 Å². The molecule has 3 saturated carbocycles. The highest BCUT2D eigenvalue weighted by Gasteiger charge is 2.63. The number of ether oxygens (including phenoxy) is 2. The van der Waals surface area contributed by atoms with Crippen LogP contribution >= 0.6 is 15.9 Å². The molecule has 0 bridgehead atoms. The van der Waals surface area contributed by atoms with Crippen LogP contribution in [0, 0.1) is 40.4 Å². The first-order valence-electron chi connectivity index (χ1n) is 14.6. The third-order valence-electron chi connectivity index (χ3n) is 11.2. The van der Waals surface area contributed by atoms with Gasteiger partial charge >= 0.3 is 11.9 Å². The van der Waals surface area contributed by atoms with Crippen LogP contribution in [0.5, 0.6) is 0 Å². The lowest BCUT2D eigenvalue weighted by molar-refractivity contribution is -0.171. The Morgan fingerprint density at radius 2 is 1.79 bits per heavy atom. The monoisotopic (exact) mass is 598 g/mol. The minimum Gasteiger partial charge on any atom is -0.462 e. The molecule has 11 atom stereocenters. The molecule has 1 N–H and O–H groups in total. The summed E-state index contributed by atoms with van der Waals surface area (Å²) in [6.45, 7) is 13.0. The van der Waals surface area contributed by atoms with Gasteiger partial charge in [0.05, 0.1) is 5.60 Å². The van der Waals surface area contributed by atoms with Gasteiger partial charge < -0.3 is 14.6 Å². The normalized spacial score (nSPS) is 42.2. The number of esters is 2. The van der Waals surface area contributed by atoms with E-state index in [2.05, 4.69) is 42.8 Å². The van der Waals surface area contributed by atoms with E-state index >= 15 is 0 Å². The van der Waals surface area contributed by atoms with Gasteiger partial charge in [0.1, 0.15) is 18.4 Å². The summed E-state index contributed by atoms with van der Waals surface area (Å²) in [7, 11) is 0. The second-order valence-corrected chi connectivity index (χ2v) is 14.9. The van der Waals surface area contributed by atoms with Crippen molar-refractivity contribution < 1.29 is 28.6 Å². The number of hydrogen-bond donors (Lipinski definition) is 1. The number of carbonyl (C=O) groups is 2. The van der Waals surface area contributed by atoms with Crippen molar-refractivity contribution in [1.29, 1.82) is 0 Å². The molecule has 0 radical (unpaired) electrons. The van der Waals surface area contributed by atoms with Crippen LogP contribution in [0.15, 0.2) is 11.6 Å². The van der Waals surface area contributed by atoms with E-state index in [0.717, 1.165) is 32.1 Å². The fourth-order valence-corrected chi connectivity index (χ4v) is 10.3. The van der Waals surface area contributed by atoms with Crippen molar-refractivity contribution in [3.8, 4) is 0 Å². The van der Waals surface area contributed by atoms with Gasteiger partial charge in [0.25, 0.3) is 0 Å². The summed E-state index contributed by atoms with van der Waals surface area (Å²) in [6, 6.07) is 0. The lowest BCUT2D eigenvalue weighted by Crippen LogP contribution is -2.59. The average molecular weight is 600 g/mol. The van der Waals surface area contributed by atoms with Gasteiger partial charge in [-0.05, 0) is 87.4 Å². The number of carbonyl (C=O) groups excluding carboxylic acids is 2. The Labute approximate surface area is 236 Å². The predicted molar refractivity (Wildman–Crippen MR) is 149 cm³/mol. The molecule has 0 amide bonds. The molecule has 0 saturated heterocycles. The lowest BCUT2D eigenvalue weighted by atomic mass is 9.46. The fraction of sp³-hybridized carbons (Fsp3) is 0.871. The molecule has 4 rings (SSSR count). The number of rotatable bonds is 7. The molecule has 38 heavy (non-hydrogen) atoms. The Bertz CT molecular complexity index is 945. The SMILES string of the molecule is CC(=O)O[C@@H]1CC2=CC(Br)[C@H]3[C@@H]4CC[C@H]([C@H](C)CC[C@@H](F)C(C)(C)O)[C@@]4(C)CC[C@@H]3[C@@]2(C)[C@@H](OC(C)=O)C1. The summed E-state index contributed by atoms with van der Waals surface area (Å²) < 4.78 is 26.2. The first-order valence-corrected chi connectivity index (χ1v) is 15.6. The molecule has 1 unspecified atom stereocenters. The van der Waals surface area contributed by atoms with Crippen molar-refractivity contribution >= 4 is 27.9 Å². The number of aliphatic hydroxyl groups is 1. The number of fused-ring (bicyclic) bond motifs is 5. The second kappa shape index (κ2) is 10.8. The second-order valence-electron chi connectivity index (χ2n) is 13.9. The van der Waals surface area contributed by atoms with Crippen LogP contribution in [-0.2, 0) is 19.1 Å². The summed E-state index contributed by atoms with van der Waals surface area (Å²) >= 11 is 4.08. The largest absolute Gasteiger partial charge is 0.462 e. The van der Waals surface area contributed by atoms with Gasteiger partial charge in [-0.15, -0.1) is 0 Å². The van der Waals surface area contributed by atoms with Crippen molar-refractivity contribution in [1.82, 2.24) is 0 Å². The van der Waals surface area contributed by atoms with E-state index in [-0.39, 0.29) is 39.8 Å². The molecule has 3 fully saturated rings. The van der Waals surface area contributed by atoms with Gasteiger partial charge in [-0.3, -0.25) is 9.59 Å². The minimum absolute atomic E-state index is 0.181. The van der Waals surface area contributed by atoms with Crippen LogP contribution in [0.3, 0.4) is 0 Å². The van der Waals surface area contributed by atoms with Crippen LogP contribution < -0.4 is 0 Å². The Kier molecular flexibility index (Phi) is 8.53. The van der Waals surface area contributed by atoms with Gasteiger partial charge in [0, 0.05) is 36.9 Å². The zero-order valence-electron chi connectivity index (χ0n) is 24.3. The van der Waals surface area contributed by atoms with Crippen LogP contribution in [0.4, 0.5) is 4.39 Å². The van der Waals surface area contributed by atoms with Crippen LogP contribution in [0.1, 0.15) is 99.8 Å². The van der Waals surface area contributed by atoms with E-state index in [1.807, 2.05) is 0 Å². The quantitative estimate of drug-likeness (QED) is 0.195. The lowest BCUT2D eigenvalue weighted by Gasteiger charge is -2.61. The van der Waals surface area contributed by atoms with E-state index in [0.29, 0.717) is 48.9 Å². The first kappa shape index (κ1) is 30.0. The van der Waals surface area contributed by atoms with E-state index < -0.39 is 11.8 Å². The molecule has 0 aromatic rings. The molecule has 5 nitrogen and oxygen atoms in total. The van der Waals surface area contributed by atoms with Crippen LogP contribution in [-0.4, -0.2) is 45.9 Å². The summed E-state index contributed by atoms with van der Waals surface area (Å²) in [6.07, 6.45) is 7.43. The molecule has 0 aromatic carbocycles. The fourth-order valence-electron chi connectivity index (χ4n) is 9.24. The number of allylic oxidation sites excluding steroid dienone is 1. The van der Waals surface area contributed by atoms with Crippen LogP contribution in [0.2, 0.25) is 0 Å². The first-order chi connectivity index (χ1) is 17.6. The Hall–Kier alpha value is -0.950. The molecule has 216 valence electrons. The van der Waals surface area contributed by atoms with Gasteiger partial charge in [-0.2, -0.15) is 0 Å². The van der Waals surface area contributed by atoms with Gasteiger partial charge in [0.2, 0.25) is 0 Å². The zero-order valence-corrected chi connectivity index (χ0v) is 25.9. The van der Waals surface area contributed by atoms with Gasteiger partial charge in [0.15, 0.2) is 0 Å². The maximum absolute atomic E-state index is 14.6. The van der Waals surface area contributed by atoms with Crippen molar-refractivity contribution in [2.45, 2.75) is 129 Å². The molecule has 7 heteroatoms.